The first kappa shape index (κ1) is 9.96. The molecule has 0 spiro atoms. The number of rotatable bonds is 2. The molecule has 2 aliphatic rings. The van der Waals surface area contributed by atoms with Crippen LogP contribution in [0, 0.1) is 0 Å². The van der Waals surface area contributed by atoms with Gasteiger partial charge in [-0.3, -0.25) is 4.21 Å². The van der Waals surface area contributed by atoms with E-state index in [4.69, 9.17) is 0 Å². The summed E-state index contributed by atoms with van der Waals surface area (Å²) in [4.78, 5) is 0. The van der Waals surface area contributed by atoms with Crippen LogP contribution in [0.3, 0.4) is 0 Å². The fraction of sp³-hybridized carbons (Fsp3) is 1.00. The van der Waals surface area contributed by atoms with E-state index in [1.807, 2.05) is 12.1 Å². The van der Waals surface area contributed by atoms with Gasteiger partial charge in [-0.05, 0) is 12.8 Å². The van der Waals surface area contributed by atoms with Gasteiger partial charge in [-0.25, -0.2) is 8.61 Å². The van der Waals surface area contributed by atoms with Gasteiger partial charge in [-0.15, -0.1) is 0 Å². The topological polar surface area (TPSA) is 23.6 Å². The highest BCUT2D eigenvalue weighted by molar-refractivity contribution is 7.94. The average Bonchev–Trinajstić information content (AvgIpc) is 2.62. The highest BCUT2D eigenvalue weighted by Gasteiger charge is 2.20. The van der Waals surface area contributed by atoms with Gasteiger partial charge < -0.3 is 0 Å². The van der Waals surface area contributed by atoms with Crippen molar-refractivity contribution < 1.29 is 4.21 Å². The van der Waals surface area contributed by atoms with Crippen LogP contribution in [0.15, 0.2) is 0 Å². The van der Waals surface area contributed by atoms with Gasteiger partial charge in [0.05, 0.1) is 0 Å². The zero-order valence-corrected chi connectivity index (χ0v) is 9.41. The van der Waals surface area contributed by atoms with Crippen LogP contribution in [0.4, 0.5) is 0 Å². The molecule has 0 aromatic carbocycles. The zero-order chi connectivity index (χ0) is 9.10. The quantitative estimate of drug-likeness (QED) is 0.640. The third kappa shape index (κ3) is 2.94. The molecule has 0 radical (unpaired) electrons. The van der Waals surface area contributed by atoms with Gasteiger partial charge in [0.1, 0.15) is 0 Å². The summed E-state index contributed by atoms with van der Waals surface area (Å²) in [5, 5.41) is 0. The molecule has 2 fully saturated rings. The summed E-state index contributed by atoms with van der Waals surface area (Å²) < 4.78 is 15.9. The second kappa shape index (κ2) is 4.77. The minimum atomic E-state index is -0.538. The largest absolute Gasteiger partial charge is 0.259 e. The summed E-state index contributed by atoms with van der Waals surface area (Å²) in [6.45, 7) is 4.44. The number of hydrogen-bond acceptors (Lipinski definition) is 4. The van der Waals surface area contributed by atoms with Crippen molar-refractivity contribution in [2.75, 3.05) is 37.7 Å². The Morgan fingerprint density at radius 2 is 1.46 bits per heavy atom. The van der Waals surface area contributed by atoms with E-state index in [-0.39, 0.29) is 0 Å². The van der Waals surface area contributed by atoms with Crippen molar-refractivity contribution in [3.05, 3.63) is 0 Å². The normalized spacial score (nSPS) is 28.3. The lowest BCUT2D eigenvalue weighted by molar-refractivity contribution is 0.469. The third-order valence-corrected chi connectivity index (χ3v) is 4.90. The van der Waals surface area contributed by atoms with Crippen LogP contribution >= 0.6 is 12.1 Å². The second-order valence-electron chi connectivity index (χ2n) is 3.49. The van der Waals surface area contributed by atoms with Gasteiger partial charge in [0.2, 0.25) is 0 Å². The van der Waals surface area contributed by atoms with Crippen molar-refractivity contribution in [2.45, 2.75) is 12.8 Å². The average molecular weight is 220 g/mol. The lowest BCUT2D eigenvalue weighted by atomic mass is 10.4. The van der Waals surface area contributed by atoms with Crippen LogP contribution in [0.2, 0.25) is 0 Å². The molecule has 0 amide bonds. The van der Waals surface area contributed by atoms with Gasteiger partial charge in [0.15, 0.2) is 0 Å². The third-order valence-electron chi connectivity index (χ3n) is 2.43. The molecule has 2 heterocycles. The van der Waals surface area contributed by atoms with Crippen molar-refractivity contribution in [3.63, 3.8) is 0 Å². The minimum absolute atomic E-state index is 0.538. The molecule has 3 nitrogen and oxygen atoms in total. The Morgan fingerprint density at radius 1 is 0.923 bits per heavy atom. The van der Waals surface area contributed by atoms with Crippen LogP contribution < -0.4 is 0 Å². The Morgan fingerprint density at radius 3 is 2.08 bits per heavy atom. The Hall–Kier alpha value is 0.420. The van der Waals surface area contributed by atoms with E-state index in [9.17, 15) is 4.21 Å². The Balaban J connectivity index is 1.72. The molecule has 76 valence electrons. The van der Waals surface area contributed by atoms with Crippen LogP contribution in [0.25, 0.3) is 0 Å². The predicted octanol–water partition coefficient (Wildman–Crippen LogP) is 0.710. The van der Waals surface area contributed by atoms with E-state index in [0.717, 1.165) is 24.6 Å². The van der Waals surface area contributed by atoms with Crippen molar-refractivity contribution in [3.8, 4) is 0 Å². The fourth-order valence-corrected chi connectivity index (χ4v) is 4.01. The highest BCUT2D eigenvalue weighted by atomic mass is 32.2. The zero-order valence-electron chi connectivity index (χ0n) is 7.78. The summed E-state index contributed by atoms with van der Waals surface area (Å²) in [6.07, 6.45) is 2.68. The van der Waals surface area contributed by atoms with Gasteiger partial charge in [-0.2, -0.15) is 0 Å². The molecular formula is C8H16N2OS2. The molecule has 2 saturated heterocycles. The van der Waals surface area contributed by atoms with E-state index in [0.29, 0.717) is 0 Å². The van der Waals surface area contributed by atoms with Crippen molar-refractivity contribution in [1.82, 2.24) is 8.61 Å². The van der Waals surface area contributed by atoms with Gasteiger partial charge in [-0.1, -0.05) is 0 Å². The molecule has 0 aliphatic carbocycles. The smallest absolute Gasteiger partial charge is 0.0372 e. The van der Waals surface area contributed by atoms with Crippen molar-refractivity contribution >= 4 is 22.9 Å². The fourth-order valence-electron chi connectivity index (χ4n) is 1.64. The Kier molecular flexibility index (Phi) is 3.66. The molecule has 2 aliphatic heterocycles. The molecule has 0 aromatic rings. The maximum atomic E-state index is 11.1. The Bertz CT molecular complexity index is 185. The van der Waals surface area contributed by atoms with Gasteiger partial charge in [0.25, 0.3) is 0 Å². The van der Waals surface area contributed by atoms with E-state index >= 15 is 0 Å². The number of nitrogens with zero attached hydrogens (tertiary/aromatic N) is 2. The molecule has 0 bridgehead atoms. The summed E-state index contributed by atoms with van der Waals surface area (Å²) in [7, 11) is -0.538. The lowest BCUT2D eigenvalue weighted by Crippen LogP contribution is -2.35. The maximum absolute atomic E-state index is 11.1. The SMILES string of the molecule is O=S1CCN(SN2CCCC2)CC1. The Labute approximate surface area is 86.6 Å². The number of hydrogen-bond donors (Lipinski definition) is 0. The summed E-state index contributed by atoms with van der Waals surface area (Å²) in [5.41, 5.74) is 0. The molecule has 0 atom stereocenters. The molecule has 0 aromatic heterocycles. The predicted molar refractivity (Wildman–Crippen MR) is 57.8 cm³/mol. The first-order chi connectivity index (χ1) is 6.34. The lowest BCUT2D eigenvalue weighted by Gasteiger charge is -2.28. The highest BCUT2D eigenvalue weighted by Crippen LogP contribution is 2.22. The minimum Gasteiger partial charge on any atom is -0.259 e. The van der Waals surface area contributed by atoms with Crippen LogP contribution in [0.1, 0.15) is 12.8 Å². The maximum Gasteiger partial charge on any atom is 0.0372 e. The van der Waals surface area contributed by atoms with Gasteiger partial charge in [0, 0.05) is 60.6 Å². The first-order valence-electron chi connectivity index (χ1n) is 4.87. The summed E-state index contributed by atoms with van der Waals surface area (Å²) in [6, 6.07) is 0. The standard InChI is InChI=1S/C8H16N2OS2/c11-13-7-5-10(6-8-13)12-9-3-1-2-4-9/h1-8H2. The van der Waals surface area contributed by atoms with Crippen molar-refractivity contribution in [1.29, 1.82) is 0 Å². The van der Waals surface area contributed by atoms with E-state index in [1.165, 1.54) is 25.9 Å². The molecule has 2 rings (SSSR count). The monoisotopic (exact) mass is 220 g/mol. The van der Waals surface area contributed by atoms with E-state index in [2.05, 4.69) is 8.61 Å². The van der Waals surface area contributed by atoms with Crippen LogP contribution in [-0.4, -0.2) is 50.5 Å². The van der Waals surface area contributed by atoms with Gasteiger partial charge >= 0.3 is 0 Å². The van der Waals surface area contributed by atoms with Crippen molar-refractivity contribution in [2.24, 2.45) is 0 Å². The summed E-state index contributed by atoms with van der Waals surface area (Å²) in [5.74, 6) is 1.72. The molecule has 5 heteroatoms. The molecular weight excluding hydrogens is 204 g/mol. The van der Waals surface area contributed by atoms with Crippen LogP contribution in [-0.2, 0) is 10.8 Å². The van der Waals surface area contributed by atoms with E-state index < -0.39 is 10.8 Å². The summed E-state index contributed by atoms with van der Waals surface area (Å²) >= 11 is 1.86. The molecule has 0 saturated carbocycles. The molecule has 13 heavy (non-hydrogen) atoms. The first-order valence-corrected chi connectivity index (χ1v) is 7.09. The second-order valence-corrected chi connectivity index (χ2v) is 6.39. The molecule has 0 unspecified atom stereocenters. The van der Waals surface area contributed by atoms with E-state index in [1.54, 1.807) is 0 Å². The van der Waals surface area contributed by atoms with Crippen LogP contribution in [0.5, 0.6) is 0 Å². The molecule has 0 N–H and O–H groups in total.